The third-order valence-electron chi connectivity index (χ3n) is 2.99. The van der Waals surface area contributed by atoms with Gasteiger partial charge in [0.1, 0.15) is 5.69 Å². The van der Waals surface area contributed by atoms with Crippen LogP contribution in [0.25, 0.3) is 0 Å². The van der Waals surface area contributed by atoms with Crippen LogP contribution in [0.1, 0.15) is 20.7 Å². The summed E-state index contributed by atoms with van der Waals surface area (Å²) in [5.74, 6) is -0.771. The van der Waals surface area contributed by atoms with Crippen LogP contribution >= 0.6 is 0 Å². The Morgan fingerprint density at radius 2 is 1.47 bits per heavy atom. The molecule has 5 nitrogen and oxygen atoms in total. The molecule has 0 atom stereocenters. The molecule has 0 unspecified atom stereocenters. The van der Waals surface area contributed by atoms with Crippen molar-refractivity contribution in [1.82, 2.24) is 0 Å². The van der Waals surface area contributed by atoms with Gasteiger partial charge in [-0.1, -0.05) is 18.2 Å². The van der Waals surface area contributed by atoms with Gasteiger partial charge < -0.3 is 0 Å². The number of amides is 2. The quantitative estimate of drug-likeness (QED) is 0.609. The highest BCUT2D eigenvalue weighted by Crippen LogP contribution is 2.30. The molecule has 0 saturated carbocycles. The number of fused-ring (bicyclic) bond motifs is 1. The predicted molar refractivity (Wildman–Crippen MR) is 69.5 cm³/mol. The molecule has 0 N–H and O–H groups in total. The van der Waals surface area contributed by atoms with Gasteiger partial charge in [-0.05, 0) is 35.5 Å². The van der Waals surface area contributed by atoms with Crippen LogP contribution in [-0.4, -0.2) is 11.8 Å². The van der Waals surface area contributed by atoms with Gasteiger partial charge in [0.2, 0.25) is 0 Å². The minimum atomic E-state index is -0.386. The number of hydrogen-bond acceptors (Lipinski definition) is 4. The molecule has 2 amide bonds. The van der Waals surface area contributed by atoms with Crippen molar-refractivity contribution in [2.24, 2.45) is 5.18 Å². The average molecular weight is 252 g/mol. The number of carbonyl (C=O) groups is 2. The lowest BCUT2D eigenvalue weighted by atomic mass is 10.1. The van der Waals surface area contributed by atoms with Gasteiger partial charge in [0.25, 0.3) is 11.8 Å². The van der Waals surface area contributed by atoms with Gasteiger partial charge in [-0.25, -0.2) is 4.90 Å². The van der Waals surface area contributed by atoms with Gasteiger partial charge in [0, 0.05) is 0 Å². The van der Waals surface area contributed by atoms with Crippen LogP contribution in [-0.2, 0) is 0 Å². The van der Waals surface area contributed by atoms with E-state index in [1.165, 1.54) is 12.1 Å². The van der Waals surface area contributed by atoms with Crippen molar-refractivity contribution >= 4 is 23.2 Å². The van der Waals surface area contributed by atoms with E-state index in [4.69, 9.17) is 0 Å². The Morgan fingerprint density at radius 1 is 0.842 bits per heavy atom. The summed E-state index contributed by atoms with van der Waals surface area (Å²) in [5.41, 5.74) is 1.27. The summed E-state index contributed by atoms with van der Waals surface area (Å²) in [6.45, 7) is 0. The van der Waals surface area contributed by atoms with Gasteiger partial charge in [-0.3, -0.25) is 9.59 Å². The summed E-state index contributed by atoms with van der Waals surface area (Å²) >= 11 is 0. The zero-order valence-corrected chi connectivity index (χ0v) is 9.74. The lowest BCUT2D eigenvalue weighted by molar-refractivity contribution is 0.0926. The molecule has 3 rings (SSSR count). The van der Waals surface area contributed by atoms with Crippen molar-refractivity contribution in [1.29, 1.82) is 0 Å². The smallest absolute Gasteiger partial charge is 0.266 e. The summed E-state index contributed by atoms with van der Waals surface area (Å²) in [6, 6.07) is 12.7. The lowest BCUT2D eigenvalue weighted by Gasteiger charge is -2.13. The molecular formula is C14H8N2O3. The minimum absolute atomic E-state index is 0.175. The fourth-order valence-corrected chi connectivity index (χ4v) is 2.11. The highest BCUT2D eigenvalue weighted by molar-refractivity contribution is 6.34. The first kappa shape index (κ1) is 11.3. The summed E-state index contributed by atoms with van der Waals surface area (Å²) in [5, 5.41) is 2.80. The fraction of sp³-hybridized carbons (Fsp3) is 0. The first-order valence-electron chi connectivity index (χ1n) is 5.63. The molecule has 0 aliphatic carbocycles. The summed E-state index contributed by atoms with van der Waals surface area (Å²) in [4.78, 5) is 36.0. The zero-order valence-electron chi connectivity index (χ0n) is 9.74. The largest absolute Gasteiger partial charge is 0.268 e. The maximum absolute atomic E-state index is 12.2. The van der Waals surface area contributed by atoms with E-state index >= 15 is 0 Å². The molecule has 0 spiro atoms. The number of imide groups is 1. The Bertz CT molecular complexity index is 674. The molecule has 2 aromatic rings. The maximum atomic E-state index is 12.2. The van der Waals surface area contributed by atoms with Crippen molar-refractivity contribution < 1.29 is 9.59 Å². The monoisotopic (exact) mass is 252 g/mol. The topological polar surface area (TPSA) is 66.8 Å². The van der Waals surface area contributed by atoms with Gasteiger partial charge >= 0.3 is 0 Å². The Morgan fingerprint density at radius 3 is 2.05 bits per heavy atom. The summed E-state index contributed by atoms with van der Waals surface area (Å²) in [7, 11) is 0. The van der Waals surface area contributed by atoms with E-state index in [-0.39, 0.29) is 17.5 Å². The summed E-state index contributed by atoms with van der Waals surface area (Å²) in [6.07, 6.45) is 0. The van der Waals surface area contributed by atoms with E-state index in [9.17, 15) is 14.5 Å². The molecule has 0 aromatic heterocycles. The number of rotatable bonds is 2. The molecule has 0 radical (unpaired) electrons. The number of benzene rings is 2. The molecule has 0 saturated heterocycles. The molecule has 0 bridgehead atoms. The minimum Gasteiger partial charge on any atom is -0.268 e. The Hall–Kier alpha value is -2.82. The van der Waals surface area contributed by atoms with E-state index < -0.39 is 0 Å². The number of nitroso groups, excluding NO2 is 1. The van der Waals surface area contributed by atoms with Crippen LogP contribution in [0.4, 0.5) is 11.4 Å². The molecule has 1 aliphatic heterocycles. The molecule has 19 heavy (non-hydrogen) atoms. The summed E-state index contributed by atoms with van der Waals surface area (Å²) < 4.78 is 0. The van der Waals surface area contributed by atoms with E-state index in [0.29, 0.717) is 16.8 Å². The SMILES string of the molecule is O=Nc1cccc(N2C(=O)c3ccccc3C2=O)c1. The van der Waals surface area contributed by atoms with Gasteiger partial charge in [-0.2, -0.15) is 0 Å². The van der Waals surface area contributed by atoms with Crippen LogP contribution in [0.5, 0.6) is 0 Å². The van der Waals surface area contributed by atoms with Gasteiger partial charge in [0.05, 0.1) is 16.8 Å². The highest BCUT2D eigenvalue weighted by atomic mass is 16.3. The second kappa shape index (κ2) is 4.13. The van der Waals surface area contributed by atoms with Gasteiger partial charge in [-0.15, -0.1) is 4.91 Å². The van der Waals surface area contributed by atoms with Crippen LogP contribution in [0, 0.1) is 4.91 Å². The third-order valence-corrected chi connectivity index (χ3v) is 2.99. The van der Waals surface area contributed by atoms with Crippen LogP contribution in [0.2, 0.25) is 0 Å². The van der Waals surface area contributed by atoms with Crippen LogP contribution in [0.15, 0.2) is 53.7 Å². The maximum Gasteiger partial charge on any atom is 0.266 e. The van der Waals surface area contributed by atoms with E-state index in [1.807, 2.05) is 0 Å². The van der Waals surface area contributed by atoms with Crippen molar-refractivity contribution in [3.63, 3.8) is 0 Å². The zero-order chi connectivity index (χ0) is 13.4. The van der Waals surface area contributed by atoms with Crippen LogP contribution in [0.3, 0.4) is 0 Å². The Kier molecular flexibility index (Phi) is 2.45. The Balaban J connectivity index is 2.11. The second-order valence-electron chi connectivity index (χ2n) is 4.10. The third kappa shape index (κ3) is 1.63. The number of carbonyl (C=O) groups excluding carboxylic acids is 2. The van der Waals surface area contributed by atoms with E-state index in [2.05, 4.69) is 5.18 Å². The molecule has 0 fully saturated rings. The first-order chi connectivity index (χ1) is 9.22. The molecule has 1 heterocycles. The molecule has 2 aromatic carbocycles. The number of nitrogens with zero attached hydrogens (tertiary/aromatic N) is 2. The molecule has 5 heteroatoms. The van der Waals surface area contributed by atoms with Crippen molar-refractivity contribution in [2.45, 2.75) is 0 Å². The standard InChI is InChI=1S/C14H8N2O3/c17-13-11-6-1-2-7-12(11)14(18)16(13)10-5-3-4-9(8-10)15-19/h1-8H. The van der Waals surface area contributed by atoms with Crippen molar-refractivity contribution in [2.75, 3.05) is 4.90 Å². The normalized spacial score (nSPS) is 13.6. The van der Waals surface area contributed by atoms with Crippen LogP contribution < -0.4 is 4.90 Å². The predicted octanol–water partition coefficient (Wildman–Crippen LogP) is 2.89. The fourth-order valence-electron chi connectivity index (χ4n) is 2.11. The average Bonchev–Trinajstić information content (AvgIpc) is 2.72. The van der Waals surface area contributed by atoms with Crippen molar-refractivity contribution in [3.8, 4) is 0 Å². The number of anilines is 1. The second-order valence-corrected chi connectivity index (χ2v) is 4.10. The lowest BCUT2D eigenvalue weighted by Crippen LogP contribution is -2.29. The number of hydrogen-bond donors (Lipinski definition) is 0. The van der Waals surface area contributed by atoms with E-state index in [0.717, 1.165) is 4.90 Å². The highest BCUT2D eigenvalue weighted by Gasteiger charge is 2.36. The molecular weight excluding hydrogens is 244 g/mol. The Labute approximate surface area is 108 Å². The first-order valence-corrected chi connectivity index (χ1v) is 5.63. The molecule has 92 valence electrons. The molecule has 1 aliphatic rings. The van der Waals surface area contributed by atoms with Crippen molar-refractivity contribution in [3.05, 3.63) is 64.6 Å². The van der Waals surface area contributed by atoms with Gasteiger partial charge in [0.15, 0.2) is 0 Å². The van der Waals surface area contributed by atoms with E-state index in [1.54, 1.807) is 36.4 Å².